The summed E-state index contributed by atoms with van der Waals surface area (Å²) in [5.74, 6) is 0.634. The molecule has 1 saturated carbocycles. The molecule has 0 spiro atoms. The van der Waals surface area contributed by atoms with Crippen LogP contribution in [0.3, 0.4) is 0 Å². The topological polar surface area (TPSA) is 47.3 Å². The largest absolute Gasteiger partial charge is 0.390 e. The third-order valence-electron chi connectivity index (χ3n) is 3.42. The molecule has 1 unspecified atom stereocenters. The lowest BCUT2D eigenvalue weighted by molar-refractivity contribution is -0.0428. The summed E-state index contributed by atoms with van der Waals surface area (Å²) in [5, 5.41) is 13.9. The first-order valence-corrected chi connectivity index (χ1v) is 6.19. The van der Waals surface area contributed by atoms with E-state index in [2.05, 4.69) is 5.10 Å². The smallest absolute Gasteiger partial charge is 0.150 e. The van der Waals surface area contributed by atoms with Crippen LogP contribution in [-0.2, 0) is 11.3 Å². The second-order valence-electron chi connectivity index (χ2n) is 4.76. The van der Waals surface area contributed by atoms with Crippen LogP contribution < -0.4 is 0 Å². The fourth-order valence-corrected chi connectivity index (χ4v) is 2.32. The number of aromatic nitrogens is 2. The van der Waals surface area contributed by atoms with Gasteiger partial charge in [-0.25, -0.2) is 4.68 Å². The van der Waals surface area contributed by atoms with Gasteiger partial charge in [-0.05, 0) is 38.2 Å². The Bertz CT molecular complexity index is 365. The molecule has 1 saturated heterocycles. The van der Waals surface area contributed by atoms with E-state index < -0.39 is 0 Å². The van der Waals surface area contributed by atoms with Gasteiger partial charge in [0.25, 0.3) is 0 Å². The normalized spacial score (nSPS) is 25.9. The van der Waals surface area contributed by atoms with E-state index in [1.54, 1.807) is 0 Å². The van der Waals surface area contributed by atoms with Crippen molar-refractivity contribution in [3.63, 3.8) is 0 Å². The van der Waals surface area contributed by atoms with Crippen LogP contribution in [0.5, 0.6) is 0 Å². The molecule has 2 fully saturated rings. The number of nitrogens with zero attached hydrogens (tertiary/aromatic N) is 2. The van der Waals surface area contributed by atoms with Gasteiger partial charge in [0.1, 0.15) is 0 Å². The predicted molar refractivity (Wildman–Crippen MR) is 59.0 cm³/mol. The van der Waals surface area contributed by atoms with E-state index in [0.717, 1.165) is 30.8 Å². The zero-order chi connectivity index (χ0) is 11.0. The average molecular weight is 222 g/mol. The fourth-order valence-electron chi connectivity index (χ4n) is 2.32. The number of aliphatic hydroxyl groups is 1. The number of aliphatic hydroxyl groups excluding tert-OH is 1. The molecule has 0 radical (unpaired) electrons. The summed E-state index contributed by atoms with van der Waals surface area (Å²) in [6, 6.07) is 2.04. The molecule has 1 aliphatic carbocycles. The van der Waals surface area contributed by atoms with Gasteiger partial charge in [-0.15, -0.1) is 0 Å². The van der Waals surface area contributed by atoms with E-state index in [0.29, 0.717) is 5.92 Å². The third-order valence-corrected chi connectivity index (χ3v) is 3.42. The highest BCUT2D eigenvalue weighted by Crippen LogP contribution is 2.40. The molecule has 1 aromatic rings. The van der Waals surface area contributed by atoms with Gasteiger partial charge in [0.2, 0.25) is 0 Å². The summed E-state index contributed by atoms with van der Waals surface area (Å²) < 4.78 is 7.60. The second kappa shape index (κ2) is 4.18. The molecule has 88 valence electrons. The van der Waals surface area contributed by atoms with Gasteiger partial charge in [-0.1, -0.05) is 0 Å². The van der Waals surface area contributed by atoms with E-state index >= 15 is 0 Å². The van der Waals surface area contributed by atoms with Crippen LogP contribution in [0.1, 0.15) is 55.6 Å². The van der Waals surface area contributed by atoms with E-state index in [1.807, 2.05) is 10.7 Å². The molecule has 16 heavy (non-hydrogen) atoms. The third kappa shape index (κ3) is 1.87. The molecule has 2 aliphatic rings. The molecule has 4 nitrogen and oxygen atoms in total. The van der Waals surface area contributed by atoms with Gasteiger partial charge < -0.3 is 9.84 Å². The molecule has 3 rings (SSSR count). The van der Waals surface area contributed by atoms with Crippen LogP contribution in [-0.4, -0.2) is 21.5 Å². The van der Waals surface area contributed by atoms with Crippen molar-refractivity contribution < 1.29 is 9.84 Å². The highest BCUT2D eigenvalue weighted by Gasteiger charge is 2.29. The SMILES string of the molecule is OCc1cc(C2CC2)nn1C1CCCCO1. The standard InChI is InChI=1S/C12H18N2O2/c15-8-10-7-11(9-4-5-9)13-14(10)12-3-1-2-6-16-12/h7,9,12,15H,1-6,8H2. The summed E-state index contributed by atoms with van der Waals surface area (Å²) in [6.45, 7) is 0.869. The molecule has 0 aromatic carbocycles. The molecule has 1 atom stereocenters. The molecule has 1 aromatic heterocycles. The maximum absolute atomic E-state index is 9.35. The first kappa shape index (κ1) is 10.3. The van der Waals surface area contributed by atoms with Crippen molar-refractivity contribution in [2.24, 2.45) is 0 Å². The van der Waals surface area contributed by atoms with E-state index in [9.17, 15) is 5.11 Å². The maximum Gasteiger partial charge on any atom is 0.150 e. The van der Waals surface area contributed by atoms with E-state index in [4.69, 9.17) is 4.74 Å². The Morgan fingerprint density at radius 2 is 2.25 bits per heavy atom. The Balaban J connectivity index is 1.85. The van der Waals surface area contributed by atoms with Gasteiger partial charge in [0, 0.05) is 12.5 Å². The molecule has 1 aliphatic heterocycles. The summed E-state index contributed by atoms with van der Waals surface area (Å²) in [4.78, 5) is 0. The minimum absolute atomic E-state index is 0.0448. The maximum atomic E-state index is 9.35. The van der Waals surface area contributed by atoms with Crippen LogP contribution >= 0.6 is 0 Å². The zero-order valence-corrected chi connectivity index (χ0v) is 9.43. The van der Waals surface area contributed by atoms with Crippen molar-refractivity contribution in [3.8, 4) is 0 Å². The monoisotopic (exact) mass is 222 g/mol. The van der Waals surface area contributed by atoms with Crippen LogP contribution in [0.25, 0.3) is 0 Å². The Kier molecular flexibility index (Phi) is 2.69. The van der Waals surface area contributed by atoms with Crippen LogP contribution in [0.2, 0.25) is 0 Å². The highest BCUT2D eigenvalue weighted by molar-refractivity contribution is 5.18. The Morgan fingerprint density at radius 3 is 2.88 bits per heavy atom. The number of ether oxygens (including phenoxy) is 1. The molecule has 1 N–H and O–H groups in total. The number of hydrogen-bond donors (Lipinski definition) is 1. The zero-order valence-electron chi connectivity index (χ0n) is 9.43. The molecule has 2 heterocycles. The van der Waals surface area contributed by atoms with Crippen molar-refractivity contribution in [1.29, 1.82) is 0 Å². The Labute approximate surface area is 95.2 Å². The fraction of sp³-hybridized carbons (Fsp3) is 0.750. The first-order chi connectivity index (χ1) is 7.88. The van der Waals surface area contributed by atoms with Gasteiger partial charge in [-0.2, -0.15) is 5.10 Å². The summed E-state index contributed by atoms with van der Waals surface area (Å²) in [6.07, 6.45) is 5.87. The van der Waals surface area contributed by atoms with Crippen molar-refractivity contribution >= 4 is 0 Å². The molecule has 0 amide bonds. The summed E-state index contributed by atoms with van der Waals surface area (Å²) in [7, 11) is 0. The molecule has 0 bridgehead atoms. The van der Waals surface area contributed by atoms with E-state index in [1.165, 1.54) is 19.3 Å². The quantitative estimate of drug-likeness (QED) is 0.850. The van der Waals surface area contributed by atoms with Crippen LogP contribution in [0.15, 0.2) is 6.07 Å². The van der Waals surface area contributed by atoms with Gasteiger partial charge in [0.05, 0.1) is 18.0 Å². The number of rotatable bonds is 3. The molecular formula is C12H18N2O2. The van der Waals surface area contributed by atoms with Crippen molar-refractivity contribution in [1.82, 2.24) is 9.78 Å². The van der Waals surface area contributed by atoms with Crippen molar-refractivity contribution in [3.05, 3.63) is 17.5 Å². The van der Waals surface area contributed by atoms with Gasteiger partial charge in [-0.3, -0.25) is 0 Å². The number of hydrogen-bond acceptors (Lipinski definition) is 3. The van der Waals surface area contributed by atoms with Gasteiger partial charge in [0.15, 0.2) is 6.23 Å². The Morgan fingerprint density at radius 1 is 1.38 bits per heavy atom. The summed E-state index contributed by atoms with van der Waals surface area (Å²) >= 11 is 0. The highest BCUT2D eigenvalue weighted by atomic mass is 16.5. The van der Waals surface area contributed by atoms with Crippen molar-refractivity contribution in [2.45, 2.75) is 50.9 Å². The van der Waals surface area contributed by atoms with E-state index in [-0.39, 0.29) is 12.8 Å². The Hall–Kier alpha value is -0.870. The minimum Gasteiger partial charge on any atom is -0.390 e. The predicted octanol–water partition coefficient (Wildman–Crippen LogP) is 1.95. The van der Waals surface area contributed by atoms with Crippen LogP contribution in [0.4, 0.5) is 0 Å². The lowest BCUT2D eigenvalue weighted by atomic mass is 10.2. The minimum atomic E-state index is 0.0448. The lowest BCUT2D eigenvalue weighted by Crippen LogP contribution is -2.21. The average Bonchev–Trinajstić information content (AvgIpc) is 3.10. The van der Waals surface area contributed by atoms with Crippen molar-refractivity contribution in [2.75, 3.05) is 6.61 Å². The molecular weight excluding hydrogens is 204 g/mol. The second-order valence-corrected chi connectivity index (χ2v) is 4.76. The summed E-state index contributed by atoms with van der Waals surface area (Å²) in [5.41, 5.74) is 2.03. The first-order valence-electron chi connectivity index (χ1n) is 6.19. The lowest BCUT2D eigenvalue weighted by Gasteiger charge is -2.24. The molecule has 4 heteroatoms. The van der Waals surface area contributed by atoms with Gasteiger partial charge >= 0.3 is 0 Å². The van der Waals surface area contributed by atoms with Crippen LogP contribution in [0, 0.1) is 0 Å².